The van der Waals surface area contributed by atoms with Gasteiger partial charge in [0.25, 0.3) is 0 Å². The van der Waals surface area contributed by atoms with Crippen LogP contribution in [0.2, 0.25) is 4.31 Å². The number of hydrogen-bond donors (Lipinski definition) is 0. The normalized spacial score (nSPS) is 37.9. The molecule has 1 aromatic rings. The number of nitro benzene ring substituents is 1. The maximum absolute atomic E-state index is 13.5. The molecular formula is C22H26N2O5Se. The van der Waals surface area contributed by atoms with Crippen LogP contribution in [-0.2, 0) is 20.9 Å². The zero-order chi connectivity index (χ0) is 21.5. The van der Waals surface area contributed by atoms with Crippen molar-refractivity contribution in [3.8, 4) is 0 Å². The third kappa shape index (κ3) is 2.38. The number of benzene rings is 1. The second kappa shape index (κ2) is 6.30. The van der Waals surface area contributed by atoms with Crippen LogP contribution in [0.25, 0.3) is 0 Å². The molecule has 4 aliphatic rings. The fourth-order valence-electron chi connectivity index (χ4n) is 6.76. The van der Waals surface area contributed by atoms with Crippen LogP contribution >= 0.6 is 0 Å². The van der Waals surface area contributed by atoms with Crippen molar-refractivity contribution in [1.29, 1.82) is 0 Å². The number of rotatable bonds is 4. The van der Waals surface area contributed by atoms with Crippen LogP contribution < -0.4 is 0 Å². The Morgan fingerprint density at radius 2 is 2.00 bits per heavy atom. The van der Waals surface area contributed by atoms with Crippen molar-refractivity contribution >= 4 is 32.5 Å². The summed E-state index contributed by atoms with van der Waals surface area (Å²) >= 11 is 0.172. The van der Waals surface area contributed by atoms with Crippen LogP contribution in [0.15, 0.2) is 24.3 Å². The van der Waals surface area contributed by atoms with Gasteiger partial charge in [-0.3, -0.25) is 0 Å². The van der Waals surface area contributed by atoms with Crippen LogP contribution in [0, 0.1) is 26.9 Å². The van der Waals surface area contributed by atoms with E-state index in [-0.39, 0.29) is 59.2 Å². The number of non-ortho nitro benzene ring substituents is 1. The Morgan fingerprint density at radius 1 is 1.30 bits per heavy atom. The van der Waals surface area contributed by atoms with E-state index < -0.39 is 11.0 Å². The molecule has 7 nitrogen and oxygen atoms in total. The monoisotopic (exact) mass is 478 g/mol. The number of carbonyl (C=O) groups is 2. The molecule has 30 heavy (non-hydrogen) atoms. The molecule has 2 saturated heterocycles. The van der Waals surface area contributed by atoms with Crippen LogP contribution in [-0.4, -0.2) is 47.6 Å². The molecule has 2 aliphatic carbocycles. The van der Waals surface area contributed by atoms with E-state index in [1.165, 1.54) is 18.6 Å². The first-order chi connectivity index (χ1) is 14.1. The van der Waals surface area contributed by atoms with Crippen LogP contribution in [0.5, 0.6) is 0 Å². The molecule has 0 radical (unpaired) electrons. The van der Waals surface area contributed by atoms with Gasteiger partial charge in [-0.05, 0) is 0 Å². The molecule has 8 heteroatoms. The predicted molar refractivity (Wildman–Crippen MR) is 110 cm³/mol. The van der Waals surface area contributed by atoms with Crippen molar-refractivity contribution in [1.82, 2.24) is 4.90 Å². The summed E-state index contributed by atoms with van der Waals surface area (Å²) in [4.78, 5) is 38.4. The molecule has 1 aromatic carbocycles. The molecule has 1 amide bonds. The summed E-state index contributed by atoms with van der Waals surface area (Å²) in [7, 11) is 0. The molecule has 0 N–H and O–H groups in total. The minimum atomic E-state index is -0.507. The Bertz CT molecular complexity index is 941. The molecule has 0 aromatic heterocycles. The Labute approximate surface area is 181 Å². The van der Waals surface area contributed by atoms with E-state index in [9.17, 15) is 19.7 Å². The van der Waals surface area contributed by atoms with Gasteiger partial charge in [-0.1, -0.05) is 0 Å². The fraction of sp³-hybridized carbons (Fsp3) is 0.636. The van der Waals surface area contributed by atoms with Crippen molar-refractivity contribution in [2.75, 3.05) is 0 Å². The number of esters is 1. The third-order valence-electron chi connectivity index (χ3n) is 8.30. The molecule has 0 unspecified atom stereocenters. The molecule has 2 bridgehead atoms. The summed E-state index contributed by atoms with van der Waals surface area (Å²) in [5, 5.41) is 10.8. The van der Waals surface area contributed by atoms with E-state index in [4.69, 9.17) is 4.74 Å². The standard InChI is InChI=1S/C22H26N2O5Se/c1-20(2)14-8-9-21(3,11-14)22(20)18(23-16(25)10-17(23)30-22)19(26)29-12-13-4-6-15(7-5-13)24(27)28/h4-7,14,17-18H,8-12H2,1-3H3/t14-,17+,18-,21+,22-/m0/s1. The molecule has 4 fully saturated rings. The first kappa shape index (κ1) is 20.0. The Morgan fingerprint density at radius 3 is 2.57 bits per heavy atom. The second-order valence-electron chi connectivity index (χ2n) is 9.97. The Balaban J connectivity index is 1.43. The zero-order valence-electron chi connectivity index (χ0n) is 17.4. The fourth-order valence-corrected chi connectivity index (χ4v) is 11.6. The van der Waals surface area contributed by atoms with Gasteiger partial charge in [-0.25, -0.2) is 0 Å². The summed E-state index contributed by atoms with van der Waals surface area (Å²) in [6, 6.07) is 5.55. The minimum absolute atomic E-state index is 0.00529. The van der Waals surface area contributed by atoms with Crippen molar-refractivity contribution in [3.63, 3.8) is 0 Å². The van der Waals surface area contributed by atoms with Gasteiger partial charge >= 0.3 is 182 Å². The molecule has 5 rings (SSSR count). The first-order valence-corrected chi connectivity index (χ1v) is 12.3. The summed E-state index contributed by atoms with van der Waals surface area (Å²) in [6.45, 7) is 6.99. The first-order valence-electron chi connectivity index (χ1n) is 10.5. The number of nitro groups is 1. The third-order valence-corrected chi connectivity index (χ3v) is 13.1. The number of carbonyl (C=O) groups excluding carboxylic acids is 2. The van der Waals surface area contributed by atoms with Crippen LogP contribution in [0.4, 0.5) is 5.69 Å². The van der Waals surface area contributed by atoms with Gasteiger partial charge in [-0.2, -0.15) is 0 Å². The van der Waals surface area contributed by atoms with Crippen molar-refractivity contribution in [2.45, 2.75) is 68.4 Å². The number of β-lactam (4-membered cyclic amide) rings is 1. The summed E-state index contributed by atoms with van der Waals surface area (Å²) in [6.07, 6.45) is 4.00. The van der Waals surface area contributed by atoms with Crippen molar-refractivity contribution in [3.05, 3.63) is 39.9 Å². The average Bonchev–Trinajstić information content (AvgIpc) is 3.28. The van der Waals surface area contributed by atoms with E-state index in [0.29, 0.717) is 17.9 Å². The van der Waals surface area contributed by atoms with Gasteiger partial charge < -0.3 is 0 Å². The van der Waals surface area contributed by atoms with Crippen molar-refractivity contribution < 1.29 is 19.2 Å². The van der Waals surface area contributed by atoms with Gasteiger partial charge in [-0.15, -0.1) is 0 Å². The zero-order valence-corrected chi connectivity index (χ0v) is 19.1. The summed E-state index contributed by atoms with van der Waals surface area (Å²) in [5.74, 6) is 0.342. The van der Waals surface area contributed by atoms with E-state index >= 15 is 0 Å². The average molecular weight is 477 g/mol. The number of ether oxygens (including phenoxy) is 1. The molecule has 2 aliphatic heterocycles. The van der Waals surface area contributed by atoms with Crippen molar-refractivity contribution in [2.24, 2.45) is 16.7 Å². The Kier molecular flexibility index (Phi) is 4.20. The van der Waals surface area contributed by atoms with E-state index in [2.05, 4.69) is 20.8 Å². The van der Waals surface area contributed by atoms with Gasteiger partial charge in [0.1, 0.15) is 0 Å². The van der Waals surface area contributed by atoms with Crippen LogP contribution in [0.1, 0.15) is 52.0 Å². The van der Waals surface area contributed by atoms with Gasteiger partial charge in [0.05, 0.1) is 0 Å². The SMILES string of the molecule is CC1(C)[C@H]2CC[C@](C)(C2)[C@@]12[Se][C@@H]1CC(=O)N1[C@H]2C(=O)OCc1ccc([N+](=O)[O-])cc1. The molecule has 2 saturated carbocycles. The molecule has 5 atom stereocenters. The Hall–Kier alpha value is -1.92. The van der Waals surface area contributed by atoms with Crippen LogP contribution in [0.3, 0.4) is 0 Å². The number of amides is 1. The molecular weight excluding hydrogens is 451 g/mol. The number of hydrogen-bond acceptors (Lipinski definition) is 5. The number of fused-ring (bicyclic) bond motifs is 4. The van der Waals surface area contributed by atoms with Gasteiger partial charge in [0.2, 0.25) is 0 Å². The molecule has 160 valence electrons. The van der Waals surface area contributed by atoms with E-state index in [0.717, 1.165) is 12.8 Å². The summed E-state index contributed by atoms with van der Waals surface area (Å²) < 4.78 is 5.56. The van der Waals surface area contributed by atoms with Gasteiger partial charge in [0.15, 0.2) is 0 Å². The number of nitrogens with zero attached hydrogens (tertiary/aromatic N) is 2. The molecule has 1 spiro atoms. The predicted octanol–water partition coefficient (Wildman–Crippen LogP) is 3.29. The van der Waals surface area contributed by atoms with E-state index in [1.54, 1.807) is 12.1 Å². The maximum atomic E-state index is 13.5. The quantitative estimate of drug-likeness (QED) is 0.218. The molecule has 2 heterocycles. The summed E-state index contributed by atoms with van der Waals surface area (Å²) in [5.41, 5.74) is 0.773. The van der Waals surface area contributed by atoms with E-state index in [1.807, 2.05) is 4.90 Å². The topological polar surface area (TPSA) is 89.8 Å². The van der Waals surface area contributed by atoms with Gasteiger partial charge in [0, 0.05) is 0 Å². The second-order valence-corrected chi connectivity index (χ2v) is 13.0.